The first-order chi connectivity index (χ1) is 24.5. The quantitative estimate of drug-likeness (QED) is 0.0640. The van der Waals surface area contributed by atoms with E-state index in [0.29, 0.717) is 139 Å². The molecule has 0 saturated carbocycles. The monoisotopic (exact) mass is 838 g/mol. The van der Waals surface area contributed by atoms with Crippen LogP contribution in [0.1, 0.15) is 6.42 Å². The minimum absolute atomic E-state index is 0.497. The first kappa shape index (κ1) is 51.4. The van der Waals surface area contributed by atoms with E-state index in [-0.39, 0.29) is 0 Å². The van der Waals surface area contributed by atoms with Gasteiger partial charge in [-0.2, -0.15) is 0 Å². The Morgan fingerprint density at radius 2 is 0.784 bits per heavy atom. The largest absolute Gasteiger partial charge is 0.457 e. The fourth-order valence-electron chi connectivity index (χ4n) is 4.20. The molecule has 0 aromatic rings. The SMILES string of the molecule is COCCOCCOCCOCCOCCOCCOCCOCCOCCOCCOCCC[Si](C)(C)O[SiH2][Si](=O)[Si](=O)[Si](C)(C)O[SiH](C)C. The summed E-state index contributed by atoms with van der Waals surface area (Å²) in [6.07, 6.45) is 0.882. The van der Waals surface area contributed by atoms with Crippen molar-refractivity contribution in [1.82, 2.24) is 0 Å². The van der Waals surface area contributed by atoms with E-state index in [2.05, 4.69) is 26.2 Å². The summed E-state index contributed by atoms with van der Waals surface area (Å²) in [7, 11) is -9.59. The fourth-order valence-corrected chi connectivity index (χ4v) is 48.2. The lowest BCUT2D eigenvalue weighted by molar-refractivity contribution is -0.0270. The molecule has 304 valence electrons. The normalized spacial score (nSPS) is 12.5. The van der Waals surface area contributed by atoms with Crippen molar-refractivity contribution in [2.45, 2.75) is 51.7 Å². The smallest absolute Gasteiger partial charge is 0.335 e. The van der Waals surface area contributed by atoms with Gasteiger partial charge in [0.1, 0.15) is 0 Å². The van der Waals surface area contributed by atoms with Gasteiger partial charge in [-0.15, -0.1) is 0 Å². The van der Waals surface area contributed by atoms with Crippen LogP contribution in [0.25, 0.3) is 0 Å². The van der Waals surface area contributed by atoms with Gasteiger partial charge < -0.3 is 69.3 Å². The summed E-state index contributed by atoms with van der Waals surface area (Å²) in [6.45, 7) is 23.3. The Hall–Kier alpha value is 0.381. The predicted octanol–water partition coefficient (Wildman–Crippen LogP) is 1.20. The van der Waals surface area contributed by atoms with Crippen molar-refractivity contribution >= 4 is 49.9 Å². The van der Waals surface area contributed by atoms with E-state index in [1.165, 1.54) is 0 Å². The Balaban J connectivity index is 3.35. The second-order valence-electron chi connectivity index (χ2n) is 12.7. The molecular weight excluding hydrogens is 769 g/mol. The highest BCUT2D eigenvalue weighted by Crippen LogP contribution is 2.14. The summed E-state index contributed by atoms with van der Waals surface area (Å²) in [6, 6.07) is 0.920. The first-order valence-corrected chi connectivity index (χ1v) is 34.7. The molecule has 0 bridgehead atoms. The van der Waals surface area contributed by atoms with Crippen LogP contribution >= 0.6 is 0 Å². The van der Waals surface area contributed by atoms with E-state index >= 15 is 0 Å². The molecular formula is C30H70O15Si6. The van der Waals surface area contributed by atoms with Gasteiger partial charge in [0.25, 0.3) is 0 Å². The summed E-state index contributed by atoms with van der Waals surface area (Å²) >= 11 is 0. The third-order valence-electron chi connectivity index (χ3n) is 6.77. The van der Waals surface area contributed by atoms with E-state index in [1.807, 2.05) is 13.1 Å². The molecule has 0 aromatic heterocycles. The lowest BCUT2D eigenvalue weighted by Gasteiger charge is -2.25. The summed E-state index contributed by atoms with van der Waals surface area (Å²) in [4.78, 5) is 0. The molecule has 51 heavy (non-hydrogen) atoms. The molecule has 0 spiro atoms. The van der Waals surface area contributed by atoms with Crippen LogP contribution in [-0.2, 0) is 69.3 Å². The van der Waals surface area contributed by atoms with E-state index in [1.54, 1.807) is 7.11 Å². The zero-order valence-electron chi connectivity index (χ0n) is 32.7. The van der Waals surface area contributed by atoms with Gasteiger partial charge in [-0.1, -0.05) is 0 Å². The molecule has 0 saturated heterocycles. The molecule has 0 rings (SSSR count). The molecule has 0 unspecified atom stereocenters. The highest BCUT2D eigenvalue weighted by molar-refractivity contribution is 7.56. The Labute approximate surface area is 315 Å². The summed E-state index contributed by atoms with van der Waals surface area (Å²) in [5.74, 6) is 0. The van der Waals surface area contributed by atoms with Crippen molar-refractivity contribution in [3.63, 3.8) is 0 Å². The highest BCUT2D eigenvalue weighted by Gasteiger charge is 2.42. The third-order valence-corrected chi connectivity index (χ3v) is 41.4. The maximum atomic E-state index is 12.8. The van der Waals surface area contributed by atoms with Crippen molar-refractivity contribution in [2.24, 2.45) is 0 Å². The average Bonchev–Trinajstić information content (AvgIpc) is 3.08. The van der Waals surface area contributed by atoms with Crippen LogP contribution in [0.5, 0.6) is 0 Å². The van der Waals surface area contributed by atoms with Crippen LogP contribution in [0.3, 0.4) is 0 Å². The Morgan fingerprint density at radius 1 is 0.490 bits per heavy atom. The summed E-state index contributed by atoms with van der Waals surface area (Å²) < 4.78 is 97.5. The molecule has 0 heterocycles. The van der Waals surface area contributed by atoms with Crippen molar-refractivity contribution in [3.05, 3.63) is 0 Å². The van der Waals surface area contributed by atoms with E-state index in [9.17, 15) is 8.92 Å². The Bertz CT molecular complexity index is 818. The number of rotatable bonds is 41. The maximum absolute atomic E-state index is 12.8. The van der Waals surface area contributed by atoms with Crippen LogP contribution in [0.4, 0.5) is 0 Å². The second kappa shape index (κ2) is 36.0. The van der Waals surface area contributed by atoms with E-state index in [4.69, 9.17) is 60.3 Å². The number of ether oxygens (including phenoxy) is 11. The Kier molecular flexibility index (Phi) is 36.3. The lowest BCUT2D eigenvalue weighted by atomic mass is 10.5. The standard InChI is InChI=1S/C30H70O15Si6/c1-33-10-11-35-14-15-37-18-19-39-22-23-41-26-27-43-29-28-42-25-24-40-21-20-38-17-16-36-13-12-34-9-8-30-50(4,5)44-46-48(31)49(32)51(6,7)45-47(2)3/h47H,8-30,46H2,1-7H3. The molecule has 0 N–H and O–H groups in total. The Morgan fingerprint density at radius 3 is 1.08 bits per heavy atom. The fraction of sp³-hybridized carbons (Fsp3) is 1.00. The summed E-state index contributed by atoms with van der Waals surface area (Å²) in [5.41, 5.74) is 0. The minimum Gasteiger partial charge on any atom is -0.457 e. The van der Waals surface area contributed by atoms with Gasteiger partial charge in [-0.05, 0) is 51.7 Å². The van der Waals surface area contributed by atoms with Crippen molar-refractivity contribution < 1.29 is 69.3 Å². The van der Waals surface area contributed by atoms with Crippen LogP contribution in [0, 0.1) is 0 Å². The zero-order valence-corrected chi connectivity index (χ0v) is 39.2. The molecule has 0 aromatic carbocycles. The van der Waals surface area contributed by atoms with Crippen molar-refractivity contribution in [2.75, 3.05) is 146 Å². The van der Waals surface area contributed by atoms with E-state index in [0.717, 1.165) is 12.5 Å². The second-order valence-corrected chi connectivity index (χ2v) is 40.2. The average molecular weight is 839 g/mol. The van der Waals surface area contributed by atoms with Gasteiger partial charge in [0.05, 0.1) is 132 Å². The molecule has 0 atom stereocenters. The zero-order chi connectivity index (χ0) is 37.9. The number of hydrogen-bond acceptors (Lipinski definition) is 15. The van der Waals surface area contributed by atoms with Crippen molar-refractivity contribution in [1.29, 1.82) is 0 Å². The molecule has 21 heteroatoms. The highest BCUT2D eigenvalue weighted by atomic mass is 29.8. The molecule has 15 nitrogen and oxygen atoms in total. The third kappa shape index (κ3) is 35.8. The van der Waals surface area contributed by atoms with Crippen molar-refractivity contribution in [3.8, 4) is 0 Å². The molecule has 0 aliphatic heterocycles. The van der Waals surface area contributed by atoms with Gasteiger partial charge in [-0.25, -0.2) is 0 Å². The summed E-state index contributed by atoms with van der Waals surface area (Å²) in [5, 5.41) is 0. The maximum Gasteiger partial charge on any atom is 0.335 e. The predicted molar refractivity (Wildman–Crippen MR) is 207 cm³/mol. The molecule has 0 fully saturated rings. The lowest BCUT2D eigenvalue weighted by Crippen LogP contribution is -2.53. The van der Waals surface area contributed by atoms with Crippen LogP contribution in [0.15, 0.2) is 0 Å². The van der Waals surface area contributed by atoms with Crippen LogP contribution < -0.4 is 0 Å². The van der Waals surface area contributed by atoms with Crippen LogP contribution in [0.2, 0.25) is 45.3 Å². The van der Waals surface area contributed by atoms with Crippen LogP contribution in [-0.4, -0.2) is 196 Å². The molecule has 0 aliphatic rings. The minimum atomic E-state index is -2.36. The van der Waals surface area contributed by atoms with Gasteiger partial charge >= 0.3 is 15.4 Å². The van der Waals surface area contributed by atoms with E-state index < -0.39 is 49.9 Å². The molecule has 0 amide bonds. The molecule has 0 radical (unpaired) electrons. The van der Waals surface area contributed by atoms with Gasteiger partial charge in [-0.3, -0.25) is 0 Å². The number of methoxy groups -OCH3 is 1. The first-order valence-electron chi connectivity index (χ1n) is 18.2. The topological polar surface area (TPSA) is 154 Å². The van der Waals surface area contributed by atoms with Gasteiger partial charge in [0, 0.05) is 13.7 Å². The van der Waals surface area contributed by atoms with Gasteiger partial charge in [0.15, 0.2) is 17.4 Å². The van der Waals surface area contributed by atoms with Gasteiger partial charge in [0.2, 0.25) is 17.1 Å². The number of hydrogen-bond donors (Lipinski definition) is 0. The molecule has 0 aliphatic carbocycles.